The minimum atomic E-state index is -0.177. The molecule has 0 radical (unpaired) electrons. The van der Waals surface area contributed by atoms with Crippen LogP contribution >= 0.6 is 0 Å². The zero-order chi connectivity index (χ0) is 29.2. The predicted molar refractivity (Wildman–Crippen MR) is 170 cm³/mol. The van der Waals surface area contributed by atoms with Crippen molar-refractivity contribution in [2.24, 2.45) is 0 Å². The van der Waals surface area contributed by atoms with Crippen molar-refractivity contribution in [2.45, 2.75) is 52.4 Å². The van der Waals surface area contributed by atoms with E-state index in [1.165, 1.54) is 5.39 Å². The zero-order valence-electron chi connectivity index (χ0n) is 25.1. The van der Waals surface area contributed by atoms with Gasteiger partial charge in [0.05, 0.1) is 11.4 Å². The molecule has 0 unspecified atom stereocenters. The summed E-state index contributed by atoms with van der Waals surface area (Å²) in [6.45, 7) is 13.1. The van der Waals surface area contributed by atoms with Crippen molar-refractivity contribution in [3.05, 3.63) is 108 Å². The topological polar surface area (TPSA) is 48.2 Å². The number of furan rings is 1. The van der Waals surface area contributed by atoms with Gasteiger partial charge in [-0.3, -0.25) is 4.98 Å². The van der Waals surface area contributed by atoms with Gasteiger partial charge in [0.15, 0.2) is 0 Å². The van der Waals surface area contributed by atoms with Crippen LogP contribution in [0.4, 0.5) is 0 Å². The number of ether oxygens (including phenoxy) is 1. The SMILES string of the molecule is CC(C)(C)c1cc(Oc2nc(-c3ccccn3)ccc2C(C)(C)C)[c-]c(-c2[c-]c3oc4cccc5ccc(c2)c3c54)c1.[Pt+2]. The number of hydrogen-bond donors (Lipinski definition) is 0. The molecule has 4 aromatic carbocycles. The third kappa shape index (κ3) is 5.34. The van der Waals surface area contributed by atoms with E-state index in [-0.39, 0.29) is 31.9 Å². The van der Waals surface area contributed by atoms with Crippen molar-refractivity contribution >= 4 is 32.7 Å². The van der Waals surface area contributed by atoms with Crippen LogP contribution < -0.4 is 4.74 Å². The Bertz CT molecular complexity index is 2080. The molecule has 216 valence electrons. The maximum absolute atomic E-state index is 6.65. The molecule has 3 heterocycles. The van der Waals surface area contributed by atoms with Gasteiger partial charge in [-0.15, -0.1) is 23.1 Å². The van der Waals surface area contributed by atoms with Crippen LogP contribution in [-0.2, 0) is 31.9 Å². The quantitative estimate of drug-likeness (QED) is 0.133. The third-order valence-electron chi connectivity index (χ3n) is 7.83. The fourth-order valence-corrected chi connectivity index (χ4v) is 5.55. The number of rotatable bonds is 4. The molecule has 0 aliphatic carbocycles. The van der Waals surface area contributed by atoms with Crippen molar-refractivity contribution < 1.29 is 30.2 Å². The molecule has 0 aliphatic heterocycles. The fourth-order valence-electron chi connectivity index (χ4n) is 5.55. The Labute approximate surface area is 266 Å². The van der Waals surface area contributed by atoms with Crippen LogP contribution in [0, 0.1) is 12.1 Å². The summed E-state index contributed by atoms with van der Waals surface area (Å²) in [7, 11) is 0. The molecule has 43 heavy (non-hydrogen) atoms. The van der Waals surface area contributed by atoms with Crippen molar-refractivity contribution in [1.82, 2.24) is 9.97 Å². The molecule has 0 N–H and O–H groups in total. The Kier molecular flexibility index (Phi) is 7.17. The second-order valence-corrected chi connectivity index (χ2v) is 13.0. The average Bonchev–Trinajstić information content (AvgIpc) is 3.35. The van der Waals surface area contributed by atoms with Crippen molar-refractivity contribution in [1.29, 1.82) is 0 Å². The predicted octanol–water partition coefficient (Wildman–Crippen LogP) is 10.3. The van der Waals surface area contributed by atoms with Crippen LogP contribution in [-0.4, -0.2) is 9.97 Å². The van der Waals surface area contributed by atoms with E-state index < -0.39 is 0 Å². The maximum atomic E-state index is 6.65. The Morgan fingerprint density at radius 3 is 2.23 bits per heavy atom. The number of hydrogen-bond acceptors (Lipinski definition) is 4. The first-order chi connectivity index (χ1) is 20.0. The van der Waals surface area contributed by atoms with Gasteiger partial charge in [0.25, 0.3) is 0 Å². The summed E-state index contributed by atoms with van der Waals surface area (Å²) < 4.78 is 12.9. The molecule has 0 bridgehead atoms. The monoisotopic (exact) mass is 743 g/mol. The molecule has 0 atom stereocenters. The van der Waals surface area contributed by atoms with Crippen molar-refractivity contribution in [2.75, 3.05) is 0 Å². The molecule has 0 saturated carbocycles. The first-order valence-corrected chi connectivity index (χ1v) is 14.3. The van der Waals surface area contributed by atoms with Gasteiger partial charge in [-0.1, -0.05) is 84.0 Å². The molecule has 0 spiro atoms. The summed E-state index contributed by atoms with van der Waals surface area (Å²) >= 11 is 0. The average molecular weight is 744 g/mol. The molecule has 7 rings (SSSR count). The molecule has 5 heteroatoms. The van der Waals surface area contributed by atoms with Crippen LogP contribution in [0.25, 0.3) is 55.2 Å². The Morgan fingerprint density at radius 1 is 0.698 bits per heavy atom. The molecule has 7 aromatic rings. The van der Waals surface area contributed by atoms with Crippen LogP contribution in [0.3, 0.4) is 0 Å². The van der Waals surface area contributed by atoms with E-state index >= 15 is 0 Å². The largest absolute Gasteiger partial charge is 2.00 e. The van der Waals surface area contributed by atoms with E-state index in [2.05, 4.69) is 101 Å². The van der Waals surface area contributed by atoms with Gasteiger partial charge in [0, 0.05) is 23.1 Å². The fraction of sp³-hybridized carbons (Fsp3) is 0.211. The minimum Gasteiger partial charge on any atom is -0.477 e. The summed E-state index contributed by atoms with van der Waals surface area (Å²) in [5.41, 5.74) is 6.86. The molecule has 0 aliphatic rings. The Morgan fingerprint density at radius 2 is 1.49 bits per heavy atom. The number of pyridine rings is 2. The number of nitrogens with zero attached hydrogens (tertiary/aromatic N) is 2. The molecule has 4 nitrogen and oxygen atoms in total. The van der Waals surface area contributed by atoms with E-state index in [1.54, 1.807) is 6.20 Å². The van der Waals surface area contributed by atoms with Crippen molar-refractivity contribution in [3.8, 4) is 34.1 Å². The first-order valence-electron chi connectivity index (χ1n) is 14.3. The molecule has 0 amide bonds. The Hall–Kier alpha value is -4.01. The van der Waals surface area contributed by atoms with Gasteiger partial charge in [-0.05, 0) is 51.3 Å². The first kappa shape index (κ1) is 29.1. The van der Waals surface area contributed by atoms with Gasteiger partial charge in [0.2, 0.25) is 5.88 Å². The number of aromatic nitrogens is 2. The van der Waals surface area contributed by atoms with Crippen LogP contribution in [0.2, 0.25) is 0 Å². The van der Waals surface area contributed by atoms with Crippen molar-refractivity contribution in [3.63, 3.8) is 0 Å². The summed E-state index contributed by atoms with van der Waals surface area (Å²) in [4.78, 5) is 9.47. The molecule has 3 aromatic heterocycles. The van der Waals surface area contributed by atoms with E-state index in [0.717, 1.165) is 61.0 Å². The van der Waals surface area contributed by atoms with E-state index in [4.69, 9.17) is 14.1 Å². The standard InChI is InChI=1S/C38H32N2O2.Pt/c1-37(2,3)27-19-26(25-18-24-14-13-23-10-9-12-32-34(23)35(24)33(21-25)42-32)20-28(22-27)41-36-29(38(4,5)6)15-16-31(40-36)30-11-7-8-17-39-30;/h7-19,22H,1-6H3;/q-2;+2. The molecular formula is C38H32N2O2Pt. The van der Waals surface area contributed by atoms with Gasteiger partial charge < -0.3 is 9.15 Å². The van der Waals surface area contributed by atoms with E-state index in [1.807, 2.05) is 36.4 Å². The summed E-state index contributed by atoms with van der Waals surface area (Å²) in [6.07, 6.45) is 1.78. The molecular weight excluding hydrogens is 712 g/mol. The normalized spacial score (nSPS) is 12.2. The third-order valence-corrected chi connectivity index (χ3v) is 7.83. The van der Waals surface area contributed by atoms with Crippen LogP contribution in [0.5, 0.6) is 11.6 Å². The number of benzene rings is 4. The summed E-state index contributed by atoms with van der Waals surface area (Å²) in [5, 5.41) is 4.55. The smallest absolute Gasteiger partial charge is 0.477 e. The summed E-state index contributed by atoms with van der Waals surface area (Å²) in [6, 6.07) is 34.0. The van der Waals surface area contributed by atoms with Crippen LogP contribution in [0.15, 0.2) is 89.5 Å². The minimum absolute atomic E-state index is 0. The summed E-state index contributed by atoms with van der Waals surface area (Å²) in [5.74, 6) is 1.17. The second kappa shape index (κ2) is 10.6. The Balaban J connectivity index is 0.00000329. The van der Waals surface area contributed by atoms with Gasteiger partial charge >= 0.3 is 21.1 Å². The van der Waals surface area contributed by atoms with E-state index in [0.29, 0.717) is 11.6 Å². The van der Waals surface area contributed by atoms with E-state index in [9.17, 15) is 0 Å². The molecule has 0 saturated heterocycles. The van der Waals surface area contributed by atoms with Gasteiger partial charge in [0.1, 0.15) is 5.58 Å². The maximum Gasteiger partial charge on any atom is 2.00 e. The van der Waals surface area contributed by atoms with Gasteiger partial charge in [-0.25, -0.2) is 16.1 Å². The molecule has 0 fully saturated rings. The second-order valence-electron chi connectivity index (χ2n) is 13.0. The van der Waals surface area contributed by atoms with Crippen LogP contribution in [0.1, 0.15) is 52.7 Å². The zero-order valence-corrected chi connectivity index (χ0v) is 27.4. The van der Waals surface area contributed by atoms with Gasteiger partial charge in [-0.2, -0.15) is 12.1 Å².